The molecule has 2 nitrogen and oxygen atoms in total. The van der Waals surface area contributed by atoms with Gasteiger partial charge in [-0.2, -0.15) is 0 Å². The molecule has 0 amide bonds. The monoisotopic (exact) mass is 880 g/mol. The Hall–Kier alpha value is -8.98. The SMILES string of the molecule is c1ccc(-c2ccc(Nc3ccc(-c4ccc(Nc5cccc(-c6ccccc6)c5)c(-c5ccccc5)c4)cc3-c3ccc4c(c3)C(c3ccccc3)(c3ccccc3)c3ccccc3-4)cc2)cc1. The van der Waals surface area contributed by atoms with Crippen molar-refractivity contribution in [2.75, 3.05) is 10.6 Å². The molecule has 0 radical (unpaired) electrons. The van der Waals surface area contributed by atoms with Crippen LogP contribution in [0.4, 0.5) is 22.7 Å². The minimum Gasteiger partial charge on any atom is -0.355 e. The van der Waals surface area contributed by atoms with E-state index in [-0.39, 0.29) is 0 Å². The Kier molecular flexibility index (Phi) is 10.8. The van der Waals surface area contributed by atoms with E-state index in [1.165, 1.54) is 55.6 Å². The maximum Gasteiger partial charge on any atom is 0.0713 e. The summed E-state index contributed by atoms with van der Waals surface area (Å²) in [7, 11) is 0. The third-order valence-corrected chi connectivity index (χ3v) is 13.7. The summed E-state index contributed by atoms with van der Waals surface area (Å²) in [5.74, 6) is 0. The Morgan fingerprint density at radius 2 is 0.638 bits per heavy atom. The first-order chi connectivity index (χ1) is 34.2. The minimum atomic E-state index is -0.517. The third kappa shape index (κ3) is 7.78. The summed E-state index contributed by atoms with van der Waals surface area (Å²) in [6.07, 6.45) is 0. The molecular formula is C67H48N2. The smallest absolute Gasteiger partial charge is 0.0713 e. The number of hydrogen-bond donors (Lipinski definition) is 2. The van der Waals surface area contributed by atoms with Gasteiger partial charge in [0, 0.05) is 33.9 Å². The summed E-state index contributed by atoms with van der Waals surface area (Å²) in [5, 5.41) is 7.68. The maximum atomic E-state index is 3.88. The van der Waals surface area contributed by atoms with Crippen molar-refractivity contribution >= 4 is 22.7 Å². The van der Waals surface area contributed by atoms with Gasteiger partial charge in [-0.25, -0.2) is 0 Å². The third-order valence-electron chi connectivity index (χ3n) is 13.7. The van der Waals surface area contributed by atoms with Gasteiger partial charge in [0.2, 0.25) is 0 Å². The Morgan fingerprint density at radius 3 is 1.25 bits per heavy atom. The Morgan fingerprint density at radius 1 is 0.217 bits per heavy atom. The average Bonchev–Trinajstić information content (AvgIpc) is 3.73. The number of anilines is 4. The highest BCUT2D eigenvalue weighted by Crippen LogP contribution is 2.57. The van der Waals surface area contributed by atoms with Crippen molar-refractivity contribution < 1.29 is 0 Å². The van der Waals surface area contributed by atoms with Gasteiger partial charge in [-0.1, -0.05) is 224 Å². The molecule has 0 aliphatic heterocycles. The molecule has 0 fully saturated rings. The molecule has 1 aliphatic carbocycles. The molecule has 326 valence electrons. The molecule has 11 aromatic rings. The molecule has 0 bridgehead atoms. The summed E-state index contributed by atoms with van der Waals surface area (Å²) < 4.78 is 0. The second-order valence-corrected chi connectivity index (χ2v) is 17.8. The van der Waals surface area contributed by atoms with E-state index < -0.39 is 5.41 Å². The van der Waals surface area contributed by atoms with Gasteiger partial charge in [-0.3, -0.25) is 0 Å². The lowest BCUT2D eigenvalue weighted by molar-refractivity contribution is 0.769. The van der Waals surface area contributed by atoms with Crippen LogP contribution in [0, 0.1) is 0 Å². The van der Waals surface area contributed by atoms with Gasteiger partial charge >= 0.3 is 0 Å². The summed E-state index contributed by atoms with van der Waals surface area (Å²) >= 11 is 0. The van der Waals surface area contributed by atoms with Crippen molar-refractivity contribution in [2.45, 2.75) is 5.41 Å². The van der Waals surface area contributed by atoms with Crippen molar-refractivity contribution in [1.29, 1.82) is 0 Å². The van der Waals surface area contributed by atoms with Crippen LogP contribution in [0.15, 0.2) is 279 Å². The molecule has 12 rings (SSSR count). The van der Waals surface area contributed by atoms with Gasteiger partial charge in [0.15, 0.2) is 0 Å². The molecule has 69 heavy (non-hydrogen) atoms. The van der Waals surface area contributed by atoms with Gasteiger partial charge < -0.3 is 10.6 Å². The summed E-state index contributed by atoms with van der Waals surface area (Å²) in [6.45, 7) is 0. The van der Waals surface area contributed by atoms with Crippen molar-refractivity contribution in [3.05, 3.63) is 301 Å². The van der Waals surface area contributed by atoms with E-state index in [0.29, 0.717) is 0 Å². The van der Waals surface area contributed by atoms with Gasteiger partial charge in [-0.05, 0) is 132 Å². The van der Waals surface area contributed by atoms with Crippen molar-refractivity contribution in [3.8, 4) is 66.8 Å². The first-order valence-electron chi connectivity index (χ1n) is 23.7. The number of rotatable bonds is 11. The number of fused-ring (bicyclic) bond motifs is 3. The van der Waals surface area contributed by atoms with E-state index in [0.717, 1.165) is 56.1 Å². The fourth-order valence-electron chi connectivity index (χ4n) is 10.5. The average molecular weight is 881 g/mol. The second-order valence-electron chi connectivity index (χ2n) is 17.8. The standard InChI is InChI=1S/C67H48N2/c1-6-19-47(20-7-1)49-33-38-57(39-34-49)68-66-42-37-53(52-36-41-65(61(44-52)50-23-10-3-11-24-50)69-58-30-18-25-51(43-58)48-21-8-2-9-22-48)45-62(66)54-35-40-60-59-31-16-17-32-63(59)67(64(60)46-54,55-26-12-4-13-27-55)56-28-14-5-15-29-56/h1-46,68-69H. The lowest BCUT2D eigenvalue weighted by Gasteiger charge is -2.34. The van der Waals surface area contributed by atoms with Gasteiger partial charge in [-0.15, -0.1) is 0 Å². The second kappa shape index (κ2) is 18.0. The van der Waals surface area contributed by atoms with Crippen LogP contribution in [0.2, 0.25) is 0 Å². The molecule has 0 saturated carbocycles. The van der Waals surface area contributed by atoms with Gasteiger partial charge in [0.05, 0.1) is 5.41 Å². The van der Waals surface area contributed by atoms with E-state index in [9.17, 15) is 0 Å². The van der Waals surface area contributed by atoms with Gasteiger partial charge in [0.25, 0.3) is 0 Å². The zero-order chi connectivity index (χ0) is 46.0. The Bertz CT molecular complexity index is 3530. The van der Waals surface area contributed by atoms with E-state index >= 15 is 0 Å². The van der Waals surface area contributed by atoms with E-state index in [4.69, 9.17) is 0 Å². The van der Waals surface area contributed by atoms with E-state index in [1.807, 2.05) is 0 Å². The van der Waals surface area contributed by atoms with Crippen LogP contribution in [0.1, 0.15) is 22.3 Å². The molecule has 0 atom stereocenters. The van der Waals surface area contributed by atoms with Crippen LogP contribution in [0.25, 0.3) is 66.8 Å². The largest absolute Gasteiger partial charge is 0.355 e. The molecule has 1 aliphatic rings. The lowest BCUT2D eigenvalue weighted by atomic mass is 9.67. The predicted molar refractivity (Wildman–Crippen MR) is 290 cm³/mol. The molecule has 0 heterocycles. The zero-order valence-electron chi connectivity index (χ0n) is 38.1. The van der Waals surface area contributed by atoms with Crippen LogP contribution in [0.5, 0.6) is 0 Å². The highest BCUT2D eigenvalue weighted by Gasteiger charge is 2.46. The topological polar surface area (TPSA) is 24.1 Å². The van der Waals surface area contributed by atoms with Crippen molar-refractivity contribution in [1.82, 2.24) is 0 Å². The molecule has 0 unspecified atom stereocenters. The summed E-state index contributed by atoms with van der Waals surface area (Å²) in [5.41, 5.74) is 22.8. The van der Waals surface area contributed by atoms with Crippen LogP contribution < -0.4 is 10.6 Å². The highest BCUT2D eigenvalue weighted by atomic mass is 14.9. The minimum absolute atomic E-state index is 0.517. The molecule has 2 heteroatoms. The molecule has 0 saturated heterocycles. The number of benzene rings is 11. The first-order valence-corrected chi connectivity index (χ1v) is 23.7. The zero-order valence-corrected chi connectivity index (χ0v) is 38.1. The van der Waals surface area contributed by atoms with Crippen LogP contribution in [-0.4, -0.2) is 0 Å². The lowest BCUT2D eigenvalue weighted by Crippen LogP contribution is -2.28. The number of nitrogens with one attached hydrogen (secondary N) is 2. The molecule has 2 N–H and O–H groups in total. The highest BCUT2D eigenvalue weighted by molar-refractivity contribution is 5.93. The van der Waals surface area contributed by atoms with Crippen LogP contribution in [-0.2, 0) is 5.41 Å². The quantitative estimate of drug-likeness (QED) is 0.135. The Labute approximate surface area is 404 Å². The predicted octanol–water partition coefficient (Wildman–Crippen LogP) is 17.9. The van der Waals surface area contributed by atoms with Crippen LogP contribution >= 0.6 is 0 Å². The first kappa shape index (κ1) is 41.5. The fraction of sp³-hybridized carbons (Fsp3) is 0.0149. The van der Waals surface area contributed by atoms with E-state index in [1.54, 1.807) is 0 Å². The summed E-state index contributed by atoms with van der Waals surface area (Å²) in [6, 6.07) is 101. The molecular weight excluding hydrogens is 833 g/mol. The summed E-state index contributed by atoms with van der Waals surface area (Å²) in [4.78, 5) is 0. The molecule has 11 aromatic carbocycles. The van der Waals surface area contributed by atoms with Crippen LogP contribution in [0.3, 0.4) is 0 Å². The van der Waals surface area contributed by atoms with E-state index in [2.05, 4.69) is 290 Å². The fourth-order valence-corrected chi connectivity index (χ4v) is 10.5. The number of hydrogen-bond acceptors (Lipinski definition) is 2. The van der Waals surface area contributed by atoms with Crippen molar-refractivity contribution in [2.24, 2.45) is 0 Å². The Balaban J connectivity index is 1.01. The maximum absolute atomic E-state index is 3.88. The molecule has 0 spiro atoms. The van der Waals surface area contributed by atoms with Crippen molar-refractivity contribution in [3.63, 3.8) is 0 Å². The molecule has 0 aromatic heterocycles. The van der Waals surface area contributed by atoms with Gasteiger partial charge in [0.1, 0.15) is 0 Å². The normalized spacial score (nSPS) is 12.2.